The number of nitrogens with one attached hydrogen (secondary N) is 1. The maximum atomic E-state index is 12.8. The van der Waals surface area contributed by atoms with Crippen LogP contribution >= 0.6 is 0 Å². The lowest BCUT2D eigenvalue weighted by Crippen LogP contribution is -2.45. The Morgan fingerprint density at radius 2 is 1.61 bits per heavy atom. The number of hydrogen-bond donors (Lipinski definition) is 1. The van der Waals surface area contributed by atoms with Crippen molar-refractivity contribution in [3.05, 3.63) is 47.7 Å². The maximum absolute atomic E-state index is 12.8. The highest BCUT2D eigenvalue weighted by Crippen LogP contribution is 2.25. The van der Waals surface area contributed by atoms with Crippen LogP contribution in [-0.2, 0) is 21.5 Å². The number of piperidine rings is 1. The Morgan fingerprint density at radius 3 is 2.16 bits per heavy atom. The van der Waals surface area contributed by atoms with Gasteiger partial charge in [-0.1, -0.05) is 65.8 Å². The van der Waals surface area contributed by atoms with Crippen molar-refractivity contribution < 1.29 is 9.59 Å². The summed E-state index contributed by atoms with van der Waals surface area (Å²) < 4.78 is 1.82. The largest absolute Gasteiger partial charge is 0.342 e. The molecule has 168 valence electrons. The summed E-state index contributed by atoms with van der Waals surface area (Å²) in [6.07, 6.45) is 3.09. The number of carbonyl (C=O) groups excluding carboxylic acids is 2. The summed E-state index contributed by atoms with van der Waals surface area (Å²) >= 11 is 0. The van der Waals surface area contributed by atoms with Crippen LogP contribution in [0.5, 0.6) is 0 Å². The first-order valence-electron chi connectivity index (χ1n) is 11.2. The van der Waals surface area contributed by atoms with Crippen molar-refractivity contribution in [2.24, 2.45) is 11.3 Å². The standard InChI is InChI=1S/C25H36N4O2/c1-24(2,3)20-9-7-18(8-10-20)17-29-21(11-14-26-29)27-22(30)19-12-15-28(16-13-19)23(31)25(4,5)6/h7-11,14,19H,12-13,15-17H2,1-6H3,(H,27,30). The maximum Gasteiger partial charge on any atom is 0.228 e. The van der Waals surface area contributed by atoms with Crippen molar-refractivity contribution in [3.8, 4) is 0 Å². The van der Waals surface area contributed by atoms with E-state index in [9.17, 15) is 9.59 Å². The van der Waals surface area contributed by atoms with E-state index < -0.39 is 0 Å². The lowest BCUT2D eigenvalue weighted by molar-refractivity contribution is -0.142. The molecule has 0 aliphatic carbocycles. The molecule has 1 aliphatic rings. The summed E-state index contributed by atoms with van der Waals surface area (Å²) in [5.41, 5.74) is 2.17. The van der Waals surface area contributed by atoms with Gasteiger partial charge in [0.25, 0.3) is 0 Å². The average molecular weight is 425 g/mol. The molecule has 2 amide bonds. The van der Waals surface area contributed by atoms with Crippen LogP contribution in [0, 0.1) is 11.3 Å². The van der Waals surface area contributed by atoms with Crippen molar-refractivity contribution in [3.63, 3.8) is 0 Å². The summed E-state index contributed by atoms with van der Waals surface area (Å²) in [5.74, 6) is 0.783. The molecule has 6 heteroatoms. The monoisotopic (exact) mass is 424 g/mol. The number of aromatic nitrogens is 2. The average Bonchev–Trinajstić information content (AvgIpc) is 3.13. The van der Waals surface area contributed by atoms with Crippen LogP contribution in [0.15, 0.2) is 36.5 Å². The zero-order chi connectivity index (χ0) is 22.8. The van der Waals surface area contributed by atoms with Crippen LogP contribution in [0.4, 0.5) is 5.82 Å². The number of anilines is 1. The fourth-order valence-electron chi connectivity index (χ4n) is 3.90. The highest BCUT2D eigenvalue weighted by Gasteiger charge is 2.32. The summed E-state index contributed by atoms with van der Waals surface area (Å²) in [5, 5.41) is 7.44. The van der Waals surface area contributed by atoms with Gasteiger partial charge in [-0.2, -0.15) is 5.10 Å². The number of benzene rings is 1. The van der Waals surface area contributed by atoms with Crippen LogP contribution in [-0.4, -0.2) is 39.6 Å². The molecule has 1 aromatic heterocycles. The van der Waals surface area contributed by atoms with Gasteiger partial charge in [0, 0.05) is 30.5 Å². The van der Waals surface area contributed by atoms with Gasteiger partial charge in [-0.05, 0) is 29.4 Å². The number of rotatable bonds is 4. The molecule has 1 fully saturated rings. The Bertz CT molecular complexity index is 908. The number of amides is 2. The van der Waals surface area contributed by atoms with Gasteiger partial charge < -0.3 is 10.2 Å². The van der Waals surface area contributed by atoms with Crippen LogP contribution in [0.25, 0.3) is 0 Å². The molecule has 1 aromatic carbocycles. The van der Waals surface area contributed by atoms with Gasteiger partial charge in [0.2, 0.25) is 11.8 Å². The molecule has 31 heavy (non-hydrogen) atoms. The Labute approximate surface area is 186 Å². The smallest absolute Gasteiger partial charge is 0.228 e. The van der Waals surface area contributed by atoms with E-state index in [4.69, 9.17) is 0 Å². The van der Waals surface area contributed by atoms with Crippen molar-refractivity contribution in [1.29, 1.82) is 0 Å². The van der Waals surface area contributed by atoms with E-state index in [0.717, 1.165) is 5.56 Å². The Morgan fingerprint density at radius 1 is 1.00 bits per heavy atom. The first kappa shape index (κ1) is 23.0. The van der Waals surface area contributed by atoms with E-state index in [1.807, 2.05) is 36.4 Å². The van der Waals surface area contributed by atoms with Crippen LogP contribution in [0.3, 0.4) is 0 Å². The second kappa shape index (κ2) is 8.85. The summed E-state index contributed by atoms with van der Waals surface area (Å²) in [6.45, 7) is 14.3. The van der Waals surface area contributed by atoms with Crippen LogP contribution in [0.1, 0.15) is 65.5 Å². The molecule has 2 aromatic rings. The Balaban J connectivity index is 1.58. The number of nitrogens with zero attached hydrogens (tertiary/aromatic N) is 3. The van der Waals surface area contributed by atoms with Crippen molar-refractivity contribution in [2.75, 3.05) is 18.4 Å². The molecular weight excluding hydrogens is 388 g/mol. The minimum absolute atomic E-state index is 0.00712. The first-order chi connectivity index (χ1) is 14.4. The molecule has 6 nitrogen and oxygen atoms in total. The second-order valence-electron chi connectivity index (χ2n) is 10.6. The summed E-state index contributed by atoms with van der Waals surface area (Å²) in [7, 11) is 0. The lowest BCUT2D eigenvalue weighted by atomic mass is 9.87. The number of carbonyl (C=O) groups is 2. The second-order valence-corrected chi connectivity index (χ2v) is 10.6. The SMILES string of the molecule is CC(C)(C)C(=O)N1CCC(C(=O)Nc2ccnn2Cc2ccc(C(C)(C)C)cc2)CC1. The molecule has 3 rings (SSSR count). The third-order valence-electron chi connectivity index (χ3n) is 5.91. The molecule has 0 spiro atoms. The summed E-state index contributed by atoms with van der Waals surface area (Å²) in [6, 6.07) is 10.4. The highest BCUT2D eigenvalue weighted by molar-refractivity contribution is 5.92. The van der Waals surface area contributed by atoms with Gasteiger partial charge >= 0.3 is 0 Å². The molecule has 1 aliphatic heterocycles. The Hall–Kier alpha value is -2.63. The Kier molecular flexibility index (Phi) is 6.58. The minimum atomic E-state index is -0.382. The van der Waals surface area contributed by atoms with Gasteiger partial charge in [0.15, 0.2) is 0 Å². The normalized spacial score (nSPS) is 15.7. The number of likely N-dealkylation sites (tertiary alicyclic amines) is 1. The quantitative estimate of drug-likeness (QED) is 0.788. The fourth-order valence-corrected chi connectivity index (χ4v) is 3.90. The number of hydrogen-bond acceptors (Lipinski definition) is 3. The molecule has 1 N–H and O–H groups in total. The van der Waals surface area contributed by atoms with Gasteiger partial charge in [0.05, 0.1) is 12.7 Å². The van der Waals surface area contributed by atoms with E-state index in [-0.39, 0.29) is 28.6 Å². The fraction of sp³-hybridized carbons (Fsp3) is 0.560. The minimum Gasteiger partial charge on any atom is -0.342 e. The van der Waals surface area contributed by atoms with Crippen molar-refractivity contribution >= 4 is 17.6 Å². The van der Waals surface area contributed by atoms with Gasteiger partial charge in [0.1, 0.15) is 5.82 Å². The van der Waals surface area contributed by atoms with E-state index in [2.05, 4.69) is 55.5 Å². The predicted molar refractivity (Wildman–Crippen MR) is 124 cm³/mol. The van der Waals surface area contributed by atoms with Gasteiger partial charge in [-0.3, -0.25) is 9.59 Å². The third kappa shape index (κ3) is 5.75. The van der Waals surface area contributed by atoms with Crippen LogP contribution in [0.2, 0.25) is 0 Å². The molecule has 1 saturated heterocycles. The zero-order valence-corrected chi connectivity index (χ0v) is 19.7. The van der Waals surface area contributed by atoms with E-state index in [1.165, 1.54) is 5.56 Å². The van der Waals surface area contributed by atoms with Crippen molar-refractivity contribution in [1.82, 2.24) is 14.7 Å². The molecule has 0 atom stereocenters. The van der Waals surface area contributed by atoms with Gasteiger partial charge in [-0.15, -0.1) is 0 Å². The molecule has 0 unspecified atom stereocenters. The summed E-state index contributed by atoms with van der Waals surface area (Å²) in [4.78, 5) is 27.2. The zero-order valence-electron chi connectivity index (χ0n) is 19.7. The van der Waals surface area contributed by atoms with E-state index in [1.54, 1.807) is 6.20 Å². The van der Waals surface area contributed by atoms with Crippen molar-refractivity contribution in [2.45, 2.75) is 66.3 Å². The molecular formula is C25H36N4O2. The van der Waals surface area contributed by atoms with E-state index >= 15 is 0 Å². The highest BCUT2D eigenvalue weighted by atomic mass is 16.2. The van der Waals surface area contributed by atoms with E-state index in [0.29, 0.717) is 38.3 Å². The molecule has 2 heterocycles. The lowest BCUT2D eigenvalue weighted by Gasteiger charge is -2.35. The third-order valence-corrected chi connectivity index (χ3v) is 5.91. The predicted octanol–water partition coefficient (Wildman–Crippen LogP) is 4.45. The van der Waals surface area contributed by atoms with Crippen LogP contribution < -0.4 is 5.32 Å². The topological polar surface area (TPSA) is 67.2 Å². The molecule has 0 radical (unpaired) electrons. The molecule has 0 saturated carbocycles. The van der Waals surface area contributed by atoms with Gasteiger partial charge in [-0.25, -0.2) is 4.68 Å². The molecule has 0 bridgehead atoms. The first-order valence-corrected chi connectivity index (χ1v) is 11.2.